The van der Waals surface area contributed by atoms with E-state index < -0.39 is 30.2 Å². The largest absolute Gasteiger partial charge is 0.747 e. The topological polar surface area (TPSA) is 144 Å². The highest BCUT2D eigenvalue weighted by molar-refractivity contribution is 8.03. The Hall–Kier alpha value is -1.53. The molecular formula is C20H31NO8S2-2. The van der Waals surface area contributed by atoms with E-state index in [1.54, 1.807) is 0 Å². The standard InChI is InChI=1S/C18H27NO2.C2H6O6S2/c1-3-19(4-2)14-15-21-17(20)18(12-8-9-13-18)16-10-6-5-7-11-16;1-2(9(3,4)5)10(6,7)8/h5-7,10-11H,3-4,8-9,12-15H2,1-2H3;2H,1H3,(H,3,4,5)(H,6,7,8)/p-2. The third kappa shape index (κ3) is 8.15. The van der Waals surface area contributed by atoms with E-state index in [1.165, 1.54) is 0 Å². The van der Waals surface area contributed by atoms with E-state index in [0.29, 0.717) is 13.5 Å². The summed E-state index contributed by atoms with van der Waals surface area (Å²) in [6.07, 6.45) is 4.06. The Morgan fingerprint density at radius 2 is 1.52 bits per heavy atom. The van der Waals surface area contributed by atoms with E-state index in [0.717, 1.165) is 50.9 Å². The van der Waals surface area contributed by atoms with Crippen LogP contribution in [-0.2, 0) is 35.2 Å². The summed E-state index contributed by atoms with van der Waals surface area (Å²) in [4.78, 5) is 15.0. The number of carbonyl (C=O) groups excluding carboxylic acids is 1. The van der Waals surface area contributed by atoms with Crippen molar-refractivity contribution in [3.05, 3.63) is 35.9 Å². The van der Waals surface area contributed by atoms with Gasteiger partial charge in [-0.25, -0.2) is 16.8 Å². The van der Waals surface area contributed by atoms with E-state index >= 15 is 0 Å². The second-order valence-corrected chi connectivity index (χ2v) is 11.1. The van der Waals surface area contributed by atoms with Crippen LogP contribution in [0.4, 0.5) is 0 Å². The monoisotopic (exact) mass is 477 g/mol. The van der Waals surface area contributed by atoms with Gasteiger partial charge in [0.15, 0.2) is 0 Å². The fourth-order valence-corrected chi connectivity index (χ4v) is 4.59. The van der Waals surface area contributed by atoms with Crippen LogP contribution in [0.2, 0.25) is 0 Å². The number of nitrogens with zero attached hydrogens (tertiary/aromatic N) is 1. The maximum absolute atomic E-state index is 12.7. The highest BCUT2D eigenvalue weighted by Crippen LogP contribution is 2.42. The van der Waals surface area contributed by atoms with Crippen molar-refractivity contribution >= 4 is 26.2 Å². The number of ether oxygens (including phenoxy) is 1. The third-order valence-electron chi connectivity index (χ3n) is 5.52. The van der Waals surface area contributed by atoms with Gasteiger partial charge >= 0.3 is 5.97 Å². The molecule has 0 aromatic heterocycles. The molecular weight excluding hydrogens is 446 g/mol. The third-order valence-corrected chi connectivity index (χ3v) is 8.56. The van der Waals surface area contributed by atoms with Gasteiger partial charge in [-0.1, -0.05) is 57.0 Å². The summed E-state index contributed by atoms with van der Waals surface area (Å²) in [5.74, 6) is -0.0293. The molecule has 0 unspecified atom stereocenters. The normalized spacial score (nSPS) is 16.1. The molecule has 2 rings (SSSR count). The van der Waals surface area contributed by atoms with Gasteiger partial charge in [0.1, 0.15) is 31.4 Å². The molecule has 178 valence electrons. The summed E-state index contributed by atoms with van der Waals surface area (Å²) in [6.45, 7) is 8.11. The molecule has 1 aliphatic rings. The zero-order chi connectivity index (χ0) is 23.7. The predicted octanol–water partition coefficient (Wildman–Crippen LogP) is 1.81. The number of hydrogen-bond donors (Lipinski definition) is 0. The minimum atomic E-state index is -5.01. The van der Waals surface area contributed by atoms with Crippen LogP contribution in [0.5, 0.6) is 0 Å². The Bertz CT molecular complexity index is 858. The smallest absolute Gasteiger partial charge is 0.316 e. The molecule has 0 spiro atoms. The Balaban J connectivity index is 0.000000407. The van der Waals surface area contributed by atoms with Gasteiger partial charge in [-0.3, -0.25) is 4.79 Å². The lowest BCUT2D eigenvalue weighted by atomic mass is 9.79. The summed E-state index contributed by atoms with van der Waals surface area (Å²) in [7, 11) is -10.0. The SMILES string of the molecule is CC(S(=O)(=O)[O-])S(=O)(=O)[O-].CCN(CC)CCOC(=O)C1(c2ccccc2)CCCC1. The van der Waals surface area contributed by atoms with Gasteiger partial charge in [0.2, 0.25) is 0 Å². The molecule has 0 bridgehead atoms. The van der Waals surface area contributed by atoms with Crippen molar-refractivity contribution in [2.75, 3.05) is 26.2 Å². The first-order valence-corrected chi connectivity index (χ1v) is 13.2. The summed E-state index contributed by atoms with van der Waals surface area (Å²) in [5, 5.41) is 0. The summed E-state index contributed by atoms with van der Waals surface area (Å²) < 4.78 is 62.3. The Kier molecular flexibility index (Phi) is 10.6. The van der Waals surface area contributed by atoms with E-state index in [-0.39, 0.29) is 5.97 Å². The van der Waals surface area contributed by atoms with Gasteiger partial charge in [0.05, 0.1) is 5.41 Å². The molecule has 1 saturated carbocycles. The molecule has 1 aromatic rings. The molecule has 0 atom stereocenters. The first-order chi connectivity index (χ1) is 14.4. The second kappa shape index (κ2) is 11.9. The van der Waals surface area contributed by atoms with Crippen molar-refractivity contribution in [2.24, 2.45) is 0 Å². The van der Waals surface area contributed by atoms with Crippen molar-refractivity contribution in [2.45, 2.75) is 56.5 Å². The number of rotatable bonds is 9. The first kappa shape index (κ1) is 27.5. The van der Waals surface area contributed by atoms with Crippen LogP contribution in [0.15, 0.2) is 30.3 Å². The lowest BCUT2D eigenvalue weighted by Crippen LogP contribution is -2.36. The average Bonchev–Trinajstić information content (AvgIpc) is 3.21. The molecule has 0 aliphatic heterocycles. The molecule has 0 heterocycles. The number of esters is 1. The van der Waals surface area contributed by atoms with Crippen LogP contribution in [0.3, 0.4) is 0 Å². The molecule has 31 heavy (non-hydrogen) atoms. The van der Waals surface area contributed by atoms with E-state index in [1.807, 2.05) is 18.2 Å². The van der Waals surface area contributed by atoms with Crippen molar-refractivity contribution in [1.82, 2.24) is 4.90 Å². The fourth-order valence-electron chi connectivity index (χ4n) is 3.44. The summed E-state index contributed by atoms with van der Waals surface area (Å²) in [6, 6.07) is 10.2. The quantitative estimate of drug-likeness (QED) is 0.384. The number of benzene rings is 1. The van der Waals surface area contributed by atoms with Gasteiger partial charge in [0.25, 0.3) is 0 Å². The van der Waals surface area contributed by atoms with Gasteiger partial charge < -0.3 is 18.7 Å². The Morgan fingerprint density at radius 3 is 1.90 bits per heavy atom. The Morgan fingerprint density at radius 1 is 1.03 bits per heavy atom. The van der Waals surface area contributed by atoms with Gasteiger partial charge in [0, 0.05) is 6.54 Å². The van der Waals surface area contributed by atoms with Crippen molar-refractivity contribution in [1.29, 1.82) is 0 Å². The zero-order valence-corrected chi connectivity index (χ0v) is 19.8. The van der Waals surface area contributed by atoms with Crippen LogP contribution in [0.25, 0.3) is 0 Å². The van der Waals surface area contributed by atoms with Crippen molar-refractivity contribution in [3.8, 4) is 0 Å². The molecule has 0 N–H and O–H groups in total. The summed E-state index contributed by atoms with van der Waals surface area (Å²) in [5.41, 5.74) is 0.722. The lowest BCUT2D eigenvalue weighted by Gasteiger charge is -2.28. The molecule has 1 aliphatic carbocycles. The minimum Gasteiger partial charge on any atom is -0.747 e. The highest BCUT2D eigenvalue weighted by Gasteiger charge is 2.44. The Labute approximate surface area is 185 Å². The van der Waals surface area contributed by atoms with Crippen LogP contribution in [0, 0.1) is 0 Å². The molecule has 1 fully saturated rings. The maximum Gasteiger partial charge on any atom is 0.316 e. The molecule has 0 amide bonds. The van der Waals surface area contributed by atoms with Crippen LogP contribution in [-0.4, -0.2) is 67.6 Å². The minimum absolute atomic E-state index is 0.0293. The van der Waals surface area contributed by atoms with E-state index in [2.05, 4.69) is 30.9 Å². The van der Waals surface area contributed by atoms with Gasteiger partial charge in [-0.15, -0.1) is 0 Å². The molecule has 0 saturated heterocycles. The van der Waals surface area contributed by atoms with Crippen LogP contribution >= 0.6 is 0 Å². The van der Waals surface area contributed by atoms with E-state index in [4.69, 9.17) is 4.74 Å². The lowest BCUT2D eigenvalue weighted by molar-refractivity contribution is -0.151. The predicted molar refractivity (Wildman–Crippen MR) is 114 cm³/mol. The zero-order valence-electron chi connectivity index (χ0n) is 18.2. The highest BCUT2D eigenvalue weighted by atomic mass is 32.3. The van der Waals surface area contributed by atoms with Gasteiger partial charge in [-0.2, -0.15) is 0 Å². The molecule has 11 heteroatoms. The first-order valence-electron chi connectivity index (χ1n) is 10.2. The average molecular weight is 478 g/mol. The van der Waals surface area contributed by atoms with Gasteiger partial charge in [-0.05, 0) is 38.4 Å². The molecule has 9 nitrogen and oxygen atoms in total. The van der Waals surface area contributed by atoms with E-state index in [9.17, 15) is 30.7 Å². The number of carbonyl (C=O) groups is 1. The maximum atomic E-state index is 12.7. The van der Waals surface area contributed by atoms with Crippen LogP contribution < -0.4 is 0 Å². The number of likely N-dealkylation sites (N-methyl/N-ethyl adjacent to an activating group) is 1. The summed E-state index contributed by atoms with van der Waals surface area (Å²) >= 11 is 0. The second-order valence-electron chi connectivity index (χ2n) is 7.37. The molecule has 0 radical (unpaired) electrons. The fraction of sp³-hybridized carbons (Fsp3) is 0.650. The van der Waals surface area contributed by atoms with Crippen molar-refractivity contribution in [3.63, 3.8) is 0 Å². The van der Waals surface area contributed by atoms with Crippen molar-refractivity contribution < 1.29 is 35.5 Å². The number of hydrogen-bond acceptors (Lipinski definition) is 9. The molecule has 1 aromatic carbocycles. The van der Waals surface area contributed by atoms with Crippen LogP contribution in [0.1, 0.15) is 52.0 Å².